The molecule has 1 aromatic carbocycles. The highest BCUT2D eigenvalue weighted by atomic mass is 35.5. The fraction of sp³-hybridized carbons (Fsp3) is 0.333. The zero-order valence-electron chi connectivity index (χ0n) is 12.1. The molecule has 0 saturated carbocycles. The lowest BCUT2D eigenvalue weighted by Crippen LogP contribution is -2.27. The smallest absolute Gasteiger partial charge is 0.242 e. The van der Waals surface area contributed by atoms with Gasteiger partial charge in [0.1, 0.15) is 5.69 Å². The summed E-state index contributed by atoms with van der Waals surface area (Å²) in [5, 5.41) is 0. The maximum Gasteiger partial charge on any atom is 0.242 e. The minimum atomic E-state index is -1.73. The van der Waals surface area contributed by atoms with E-state index in [1.807, 2.05) is 44.2 Å². The van der Waals surface area contributed by atoms with Crippen molar-refractivity contribution in [2.75, 3.05) is 5.75 Å². The van der Waals surface area contributed by atoms with Gasteiger partial charge in [-0.15, -0.1) is 11.8 Å². The number of imidazole rings is 1. The van der Waals surface area contributed by atoms with Gasteiger partial charge in [0.05, 0.1) is 12.4 Å². The summed E-state index contributed by atoms with van der Waals surface area (Å²) in [5.41, 5.74) is 0.717. The summed E-state index contributed by atoms with van der Waals surface area (Å²) in [4.78, 5) is 16.1. The van der Waals surface area contributed by atoms with Gasteiger partial charge in [-0.25, -0.2) is 4.98 Å². The molecular weight excluding hydrogens is 346 g/mol. The molecule has 118 valence electrons. The molecule has 7 heteroatoms. The molecule has 0 aliphatic carbocycles. The molecule has 0 N–H and O–H groups in total. The van der Waals surface area contributed by atoms with E-state index in [0.717, 1.165) is 17.3 Å². The average Bonchev–Trinajstić information content (AvgIpc) is 2.88. The van der Waals surface area contributed by atoms with Crippen molar-refractivity contribution in [1.82, 2.24) is 9.55 Å². The van der Waals surface area contributed by atoms with Crippen molar-refractivity contribution < 1.29 is 9.18 Å². The van der Waals surface area contributed by atoms with Crippen LogP contribution >= 0.6 is 35.0 Å². The molecule has 1 heterocycles. The van der Waals surface area contributed by atoms with Gasteiger partial charge >= 0.3 is 0 Å². The van der Waals surface area contributed by atoms with Crippen molar-refractivity contribution in [1.29, 1.82) is 0 Å². The first-order valence-corrected chi connectivity index (χ1v) is 8.46. The molecule has 0 unspecified atom stereocenters. The molecule has 0 amide bonds. The second-order valence-electron chi connectivity index (χ2n) is 4.66. The summed E-state index contributed by atoms with van der Waals surface area (Å²) in [6.45, 7) is 3.67. The Kier molecular flexibility index (Phi) is 5.53. The SMILES string of the molecule is CCSC(Cl)(Cl)C(=O)c1c(F)ncn1[C@H](C)c1ccccc1. The molecule has 0 bridgehead atoms. The number of ketones is 1. The van der Waals surface area contributed by atoms with Crippen molar-refractivity contribution >= 4 is 40.7 Å². The molecule has 3 nitrogen and oxygen atoms in total. The first-order valence-electron chi connectivity index (χ1n) is 6.72. The molecule has 0 saturated heterocycles. The largest absolute Gasteiger partial charge is 0.318 e. The van der Waals surface area contributed by atoms with Gasteiger partial charge in [0.2, 0.25) is 15.4 Å². The van der Waals surface area contributed by atoms with E-state index in [1.54, 1.807) is 0 Å². The normalized spacial score (nSPS) is 13.1. The second-order valence-corrected chi connectivity index (χ2v) is 7.91. The van der Waals surface area contributed by atoms with Crippen molar-refractivity contribution in [2.24, 2.45) is 0 Å². The number of Topliss-reactive ketones (excluding diaryl/α,β-unsaturated/α-hetero) is 1. The number of benzene rings is 1. The first kappa shape index (κ1) is 17.3. The lowest BCUT2D eigenvalue weighted by molar-refractivity contribution is 0.0984. The van der Waals surface area contributed by atoms with Gasteiger partial charge in [-0.1, -0.05) is 60.5 Å². The Balaban J connectivity index is 2.42. The van der Waals surface area contributed by atoms with Gasteiger partial charge in [0, 0.05) is 0 Å². The van der Waals surface area contributed by atoms with Crippen LogP contribution in [-0.2, 0) is 0 Å². The number of aromatic nitrogens is 2. The molecule has 1 aromatic heterocycles. The van der Waals surface area contributed by atoms with E-state index in [0.29, 0.717) is 5.75 Å². The Morgan fingerprint density at radius 3 is 2.64 bits per heavy atom. The quantitative estimate of drug-likeness (QED) is 0.553. The summed E-state index contributed by atoms with van der Waals surface area (Å²) in [6.07, 6.45) is 1.29. The van der Waals surface area contributed by atoms with Crippen LogP contribution in [0.3, 0.4) is 0 Å². The summed E-state index contributed by atoms with van der Waals surface area (Å²) < 4.78 is 13.8. The number of rotatable bonds is 6. The summed E-state index contributed by atoms with van der Waals surface area (Å²) in [7, 11) is 0. The van der Waals surface area contributed by atoms with E-state index < -0.39 is 15.4 Å². The van der Waals surface area contributed by atoms with Crippen LogP contribution in [0.2, 0.25) is 0 Å². The number of carbonyl (C=O) groups excluding carboxylic acids is 1. The second kappa shape index (κ2) is 7.02. The summed E-state index contributed by atoms with van der Waals surface area (Å²) >= 11 is 13.1. The zero-order valence-corrected chi connectivity index (χ0v) is 14.4. The van der Waals surface area contributed by atoms with Crippen LogP contribution in [0.5, 0.6) is 0 Å². The topological polar surface area (TPSA) is 34.9 Å². The Hall–Kier alpha value is -1.04. The summed E-state index contributed by atoms with van der Waals surface area (Å²) in [5.74, 6) is -1.03. The Morgan fingerprint density at radius 1 is 1.41 bits per heavy atom. The lowest BCUT2D eigenvalue weighted by atomic mass is 10.1. The molecular formula is C15H15Cl2FN2OS. The minimum absolute atomic E-state index is 0.206. The number of hydrogen-bond acceptors (Lipinski definition) is 3. The van der Waals surface area contributed by atoms with Crippen molar-refractivity contribution in [3.8, 4) is 0 Å². The third kappa shape index (κ3) is 3.47. The number of halogens is 3. The van der Waals surface area contributed by atoms with Crippen LogP contribution in [0, 0.1) is 5.95 Å². The maximum absolute atomic E-state index is 14.0. The van der Waals surface area contributed by atoms with Crippen molar-refractivity contribution in [2.45, 2.75) is 23.6 Å². The highest BCUT2D eigenvalue weighted by Crippen LogP contribution is 2.38. The third-order valence-electron chi connectivity index (χ3n) is 3.25. The number of thioether (sulfide) groups is 1. The van der Waals surface area contributed by atoms with Crippen LogP contribution in [0.1, 0.15) is 35.9 Å². The predicted molar refractivity (Wildman–Crippen MR) is 89.3 cm³/mol. The van der Waals surface area contributed by atoms with Gasteiger partial charge in [-0.3, -0.25) is 4.79 Å². The van der Waals surface area contributed by atoms with Crippen LogP contribution < -0.4 is 0 Å². The maximum atomic E-state index is 14.0. The standard InChI is InChI=1S/C15H15Cl2FN2OS/c1-3-22-15(16,17)13(21)12-14(18)19-9-20(12)10(2)11-7-5-4-6-8-11/h4-10H,3H2,1-2H3/t10-/m1/s1. The van der Waals surface area contributed by atoms with Crippen molar-refractivity contribution in [3.05, 3.63) is 53.9 Å². The molecule has 0 aliphatic rings. The van der Waals surface area contributed by atoms with Crippen LogP contribution in [0.15, 0.2) is 36.7 Å². The Bertz CT molecular complexity index is 661. The monoisotopic (exact) mass is 360 g/mol. The number of carbonyl (C=O) groups is 1. The molecule has 2 aromatic rings. The van der Waals surface area contributed by atoms with Gasteiger partial charge < -0.3 is 4.57 Å². The highest BCUT2D eigenvalue weighted by molar-refractivity contribution is 8.04. The highest BCUT2D eigenvalue weighted by Gasteiger charge is 2.39. The fourth-order valence-corrected chi connectivity index (χ4v) is 3.54. The van der Waals surface area contributed by atoms with E-state index in [-0.39, 0.29) is 11.7 Å². The third-order valence-corrected chi connectivity index (χ3v) is 5.09. The Morgan fingerprint density at radius 2 is 2.05 bits per heavy atom. The molecule has 1 atom stereocenters. The summed E-state index contributed by atoms with van der Waals surface area (Å²) in [6, 6.07) is 9.16. The van der Waals surface area contributed by atoms with E-state index in [9.17, 15) is 9.18 Å². The molecule has 0 fully saturated rings. The Labute approximate surface area is 142 Å². The lowest BCUT2D eigenvalue weighted by Gasteiger charge is -2.20. The molecule has 22 heavy (non-hydrogen) atoms. The molecule has 0 spiro atoms. The predicted octanol–water partition coefficient (Wildman–Crippen LogP) is 4.70. The van der Waals surface area contributed by atoms with Crippen LogP contribution in [-0.4, -0.2) is 24.8 Å². The van der Waals surface area contributed by atoms with Gasteiger partial charge in [-0.2, -0.15) is 4.39 Å². The number of nitrogens with zero attached hydrogens (tertiary/aromatic N) is 2. The molecule has 0 radical (unpaired) electrons. The van der Waals surface area contributed by atoms with E-state index in [1.165, 1.54) is 10.9 Å². The van der Waals surface area contributed by atoms with E-state index in [2.05, 4.69) is 4.98 Å². The average molecular weight is 361 g/mol. The van der Waals surface area contributed by atoms with Crippen LogP contribution in [0.4, 0.5) is 4.39 Å². The van der Waals surface area contributed by atoms with Gasteiger partial charge in [0.25, 0.3) is 0 Å². The van der Waals surface area contributed by atoms with Crippen molar-refractivity contribution in [3.63, 3.8) is 0 Å². The minimum Gasteiger partial charge on any atom is -0.318 e. The molecule has 0 aliphatic heterocycles. The fourth-order valence-electron chi connectivity index (χ4n) is 2.12. The zero-order chi connectivity index (χ0) is 16.3. The van der Waals surface area contributed by atoms with Crippen LogP contribution in [0.25, 0.3) is 0 Å². The van der Waals surface area contributed by atoms with E-state index >= 15 is 0 Å². The van der Waals surface area contributed by atoms with Gasteiger partial charge in [-0.05, 0) is 18.2 Å². The number of alkyl halides is 2. The number of hydrogen-bond donors (Lipinski definition) is 0. The van der Waals surface area contributed by atoms with E-state index in [4.69, 9.17) is 23.2 Å². The van der Waals surface area contributed by atoms with Gasteiger partial charge in [0.15, 0.2) is 0 Å². The first-order chi connectivity index (χ1) is 10.4. The molecule has 2 rings (SSSR count).